The van der Waals surface area contributed by atoms with Gasteiger partial charge in [-0.1, -0.05) is 25.0 Å². The molecule has 4 heteroatoms. The molecule has 1 amide bonds. The SMILES string of the molecule is NCC1CCCCC1C(=O)Nc1ccccc1F. The normalized spacial score (nSPS) is 23.7. The summed E-state index contributed by atoms with van der Waals surface area (Å²) in [6.07, 6.45) is 4.02. The van der Waals surface area contributed by atoms with Crippen molar-refractivity contribution in [1.29, 1.82) is 0 Å². The number of hydrogen-bond donors (Lipinski definition) is 2. The zero-order chi connectivity index (χ0) is 13.0. The second-order valence-corrected chi connectivity index (χ2v) is 4.86. The van der Waals surface area contributed by atoms with Crippen molar-refractivity contribution in [2.75, 3.05) is 11.9 Å². The fraction of sp³-hybridized carbons (Fsp3) is 0.500. The summed E-state index contributed by atoms with van der Waals surface area (Å²) in [6, 6.07) is 6.23. The van der Waals surface area contributed by atoms with Crippen LogP contribution in [0.3, 0.4) is 0 Å². The summed E-state index contributed by atoms with van der Waals surface area (Å²) in [4.78, 5) is 12.2. The van der Waals surface area contributed by atoms with Crippen molar-refractivity contribution in [2.24, 2.45) is 17.6 Å². The molecule has 0 spiro atoms. The summed E-state index contributed by atoms with van der Waals surface area (Å²) < 4.78 is 13.5. The van der Waals surface area contributed by atoms with E-state index in [2.05, 4.69) is 5.32 Å². The van der Waals surface area contributed by atoms with Gasteiger partial charge in [-0.2, -0.15) is 0 Å². The number of rotatable bonds is 3. The van der Waals surface area contributed by atoms with E-state index < -0.39 is 5.82 Å². The third-order valence-corrected chi connectivity index (χ3v) is 3.68. The first-order chi connectivity index (χ1) is 8.72. The van der Waals surface area contributed by atoms with Crippen LogP contribution >= 0.6 is 0 Å². The van der Waals surface area contributed by atoms with E-state index in [1.54, 1.807) is 18.2 Å². The zero-order valence-corrected chi connectivity index (χ0v) is 10.4. The van der Waals surface area contributed by atoms with E-state index in [-0.39, 0.29) is 23.4 Å². The molecule has 2 unspecified atom stereocenters. The van der Waals surface area contributed by atoms with E-state index in [1.165, 1.54) is 6.07 Å². The lowest BCUT2D eigenvalue weighted by atomic mass is 9.78. The van der Waals surface area contributed by atoms with E-state index in [4.69, 9.17) is 5.73 Å². The van der Waals surface area contributed by atoms with Crippen LogP contribution in [0.15, 0.2) is 24.3 Å². The van der Waals surface area contributed by atoms with Gasteiger partial charge in [0.25, 0.3) is 0 Å². The number of anilines is 1. The highest BCUT2D eigenvalue weighted by Gasteiger charge is 2.30. The quantitative estimate of drug-likeness (QED) is 0.866. The van der Waals surface area contributed by atoms with Gasteiger partial charge < -0.3 is 11.1 Å². The van der Waals surface area contributed by atoms with Gasteiger partial charge in [0.2, 0.25) is 5.91 Å². The molecule has 0 bridgehead atoms. The topological polar surface area (TPSA) is 55.1 Å². The summed E-state index contributed by atoms with van der Waals surface area (Å²) in [7, 11) is 0. The largest absolute Gasteiger partial charge is 0.330 e. The standard InChI is InChI=1S/C14H19FN2O/c15-12-7-3-4-8-13(12)17-14(18)11-6-2-1-5-10(11)9-16/h3-4,7-8,10-11H,1-2,5-6,9,16H2,(H,17,18). The highest BCUT2D eigenvalue weighted by Crippen LogP contribution is 2.30. The van der Waals surface area contributed by atoms with Gasteiger partial charge >= 0.3 is 0 Å². The number of benzene rings is 1. The Morgan fingerprint density at radius 2 is 2.06 bits per heavy atom. The summed E-state index contributed by atoms with van der Waals surface area (Å²) in [5.74, 6) is -0.352. The molecular formula is C14H19FN2O. The Hall–Kier alpha value is -1.42. The predicted octanol–water partition coefficient (Wildman–Crippen LogP) is 2.53. The van der Waals surface area contributed by atoms with E-state index >= 15 is 0 Å². The first kappa shape index (κ1) is 13.0. The Balaban J connectivity index is 2.05. The predicted molar refractivity (Wildman–Crippen MR) is 69.5 cm³/mol. The van der Waals surface area contributed by atoms with Crippen molar-refractivity contribution in [3.8, 4) is 0 Å². The maximum Gasteiger partial charge on any atom is 0.227 e. The molecule has 1 saturated carbocycles. The number of halogens is 1. The highest BCUT2D eigenvalue weighted by atomic mass is 19.1. The van der Waals surface area contributed by atoms with E-state index in [0.717, 1.165) is 25.7 Å². The van der Waals surface area contributed by atoms with Gasteiger partial charge in [-0.05, 0) is 37.4 Å². The van der Waals surface area contributed by atoms with Crippen molar-refractivity contribution in [3.05, 3.63) is 30.1 Å². The Morgan fingerprint density at radius 3 is 2.78 bits per heavy atom. The number of amides is 1. The molecule has 0 radical (unpaired) electrons. The summed E-state index contributed by atoms with van der Waals surface area (Å²) in [5, 5.41) is 2.67. The molecule has 1 aromatic rings. The fourth-order valence-corrected chi connectivity index (χ4v) is 2.62. The number of nitrogens with two attached hydrogens (primary N) is 1. The summed E-state index contributed by atoms with van der Waals surface area (Å²) >= 11 is 0. The summed E-state index contributed by atoms with van der Waals surface area (Å²) in [6.45, 7) is 0.523. The fourth-order valence-electron chi connectivity index (χ4n) is 2.62. The lowest BCUT2D eigenvalue weighted by Gasteiger charge is -2.29. The average molecular weight is 250 g/mol. The van der Waals surface area contributed by atoms with Crippen molar-refractivity contribution in [2.45, 2.75) is 25.7 Å². The first-order valence-corrected chi connectivity index (χ1v) is 6.48. The van der Waals surface area contributed by atoms with E-state index in [0.29, 0.717) is 6.54 Å². The number of hydrogen-bond acceptors (Lipinski definition) is 2. The molecule has 1 aliphatic carbocycles. The molecule has 0 saturated heterocycles. The Labute approximate surface area is 107 Å². The zero-order valence-electron chi connectivity index (χ0n) is 10.4. The van der Waals surface area contributed by atoms with Crippen molar-refractivity contribution in [3.63, 3.8) is 0 Å². The van der Waals surface area contributed by atoms with Crippen molar-refractivity contribution < 1.29 is 9.18 Å². The minimum atomic E-state index is -0.397. The van der Waals surface area contributed by atoms with Crippen LogP contribution in [0.4, 0.5) is 10.1 Å². The van der Waals surface area contributed by atoms with Gasteiger partial charge in [-0.15, -0.1) is 0 Å². The average Bonchev–Trinajstić information content (AvgIpc) is 2.41. The molecule has 3 nitrogen and oxygen atoms in total. The summed E-state index contributed by atoms with van der Waals surface area (Å²) in [5.41, 5.74) is 5.95. The van der Waals surface area contributed by atoms with Gasteiger partial charge in [0.05, 0.1) is 5.69 Å². The van der Waals surface area contributed by atoms with E-state index in [9.17, 15) is 9.18 Å². The molecular weight excluding hydrogens is 231 g/mol. The van der Waals surface area contributed by atoms with E-state index in [1.807, 2.05) is 0 Å². The molecule has 1 fully saturated rings. The lowest BCUT2D eigenvalue weighted by Crippen LogP contribution is -2.35. The second-order valence-electron chi connectivity index (χ2n) is 4.86. The Kier molecular flexibility index (Phi) is 4.31. The number of nitrogens with one attached hydrogen (secondary N) is 1. The van der Waals surface area contributed by atoms with Crippen LogP contribution < -0.4 is 11.1 Å². The monoisotopic (exact) mass is 250 g/mol. The molecule has 0 heterocycles. The van der Waals surface area contributed by atoms with Gasteiger partial charge in [0, 0.05) is 5.92 Å². The lowest BCUT2D eigenvalue weighted by molar-refractivity contribution is -0.122. The van der Waals surface area contributed by atoms with Gasteiger partial charge in [-0.3, -0.25) is 4.79 Å². The molecule has 3 N–H and O–H groups in total. The van der Waals surface area contributed by atoms with Crippen LogP contribution in [0, 0.1) is 17.7 Å². The van der Waals surface area contributed by atoms with Crippen LogP contribution in [0.5, 0.6) is 0 Å². The molecule has 18 heavy (non-hydrogen) atoms. The molecule has 2 atom stereocenters. The maximum atomic E-state index is 13.5. The second kappa shape index (κ2) is 5.96. The minimum absolute atomic E-state index is 0.0802. The van der Waals surface area contributed by atoms with Crippen molar-refractivity contribution in [1.82, 2.24) is 0 Å². The third kappa shape index (κ3) is 2.88. The number of para-hydroxylation sites is 1. The van der Waals surface area contributed by atoms with Crippen LogP contribution in [-0.4, -0.2) is 12.5 Å². The van der Waals surface area contributed by atoms with Gasteiger partial charge in [0.1, 0.15) is 5.82 Å². The van der Waals surface area contributed by atoms with Crippen LogP contribution in [0.2, 0.25) is 0 Å². The Morgan fingerprint density at radius 1 is 1.33 bits per heavy atom. The Bertz CT molecular complexity index is 422. The molecule has 1 aliphatic rings. The first-order valence-electron chi connectivity index (χ1n) is 6.48. The highest BCUT2D eigenvalue weighted by molar-refractivity contribution is 5.92. The molecule has 98 valence electrons. The maximum absolute atomic E-state index is 13.5. The number of carbonyl (C=O) groups excluding carboxylic acids is 1. The smallest absolute Gasteiger partial charge is 0.227 e. The third-order valence-electron chi connectivity index (χ3n) is 3.68. The number of carbonyl (C=O) groups is 1. The van der Waals surface area contributed by atoms with Gasteiger partial charge in [-0.25, -0.2) is 4.39 Å². The molecule has 1 aromatic carbocycles. The van der Waals surface area contributed by atoms with Crippen LogP contribution in [-0.2, 0) is 4.79 Å². The van der Waals surface area contributed by atoms with Gasteiger partial charge in [0.15, 0.2) is 0 Å². The van der Waals surface area contributed by atoms with Crippen LogP contribution in [0.1, 0.15) is 25.7 Å². The molecule has 2 rings (SSSR count). The van der Waals surface area contributed by atoms with Crippen molar-refractivity contribution >= 4 is 11.6 Å². The molecule has 0 aromatic heterocycles. The van der Waals surface area contributed by atoms with Crippen LogP contribution in [0.25, 0.3) is 0 Å². The molecule has 0 aliphatic heterocycles. The minimum Gasteiger partial charge on any atom is -0.330 e.